The van der Waals surface area contributed by atoms with Crippen LogP contribution in [0.15, 0.2) is 60.7 Å². The van der Waals surface area contributed by atoms with Crippen molar-refractivity contribution in [1.82, 2.24) is 10.2 Å². The lowest BCUT2D eigenvalue weighted by molar-refractivity contribution is 0.0896. The molecular weight excluding hydrogens is 437 g/mol. The lowest BCUT2D eigenvalue weighted by Crippen LogP contribution is -2.46. The number of benzene rings is 2. The van der Waals surface area contributed by atoms with E-state index in [0.717, 1.165) is 44.2 Å². The van der Waals surface area contributed by atoms with Gasteiger partial charge < -0.3 is 24.4 Å². The summed E-state index contributed by atoms with van der Waals surface area (Å²) in [6.45, 7) is 5.45. The molecule has 34 heavy (non-hydrogen) atoms. The fourth-order valence-corrected chi connectivity index (χ4v) is 3.70. The number of nitrogens with one attached hydrogen (secondary N) is 1. The molecule has 1 amide bonds. The molecule has 1 fully saturated rings. The van der Waals surface area contributed by atoms with Crippen LogP contribution >= 0.6 is 0 Å². The number of ether oxygens (including phenoxy) is 3. The summed E-state index contributed by atoms with van der Waals surface area (Å²) in [5, 5.41) is 2.90. The van der Waals surface area contributed by atoms with Gasteiger partial charge in [-0.05, 0) is 36.4 Å². The zero-order chi connectivity index (χ0) is 24.0. The Morgan fingerprint density at radius 2 is 1.76 bits per heavy atom. The molecule has 0 radical (unpaired) electrons. The summed E-state index contributed by atoms with van der Waals surface area (Å²) >= 11 is 0. The van der Waals surface area contributed by atoms with Crippen molar-refractivity contribution in [3.8, 4) is 11.5 Å². The van der Waals surface area contributed by atoms with E-state index in [2.05, 4.69) is 27.3 Å². The van der Waals surface area contributed by atoms with Crippen molar-refractivity contribution in [3.63, 3.8) is 0 Å². The van der Waals surface area contributed by atoms with Crippen molar-refractivity contribution < 1.29 is 23.4 Å². The van der Waals surface area contributed by atoms with E-state index in [4.69, 9.17) is 14.2 Å². The van der Waals surface area contributed by atoms with Gasteiger partial charge >= 0.3 is 0 Å². The van der Waals surface area contributed by atoms with Crippen LogP contribution in [0.25, 0.3) is 0 Å². The minimum Gasteiger partial charge on any atom is -0.495 e. The summed E-state index contributed by atoms with van der Waals surface area (Å²) in [7, 11) is 1.71. The highest BCUT2D eigenvalue weighted by Gasteiger charge is 2.18. The van der Waals surface area contributed by atoms with Gasteiger partial charge in [0.05, 0.1) is 26.0 Å². The monoisotopic (exact) mass is 471 g/mol. The number of carbonyl (C=O) groups excluding carboxylic acids is 1. The molecule has 2 aromatic rings. The minimum absolute atomic E-state index is 0.0808. The molecule has 3 rings (SSSR count). The van der Waals surface area contributed by atoms with Gasteiger partial charge in [0.2, 0.25) is 0 Å². The van der Waals surface area contributed by atoms with Crippen LogP contribution in [-0.4, -0.2) is 83.7 Å². The third-order valence-corrected chi connectivity index (χ3v) is 5.54. The second-order valence-electron chi connectivity index (χ2n) is 7.82. The normalized spacial score (nSPS) is 14.4. The molecule has 0 atom stereocenters. The molecule has 0 unspecified atom stereocenters. The van der Waals surface area contributed by atoms with Crippen molar-refractivity contribution in [2.45, 2.75) is 0 Å². The molecule has 1 aliphatic heterocycles. The summed E-state index contributed by atoms with van der Waals surface area (Å²) < 4.78 is 28.0. The molecule has 184 valence electrons. The Kier molecular flexibility index (Phi) is 10.7. The van der Waals surface area contributed by atoms with Gasteiger partial charge in [-0.15, -0.1) is 0 Å². The molecule has 0 aliphatic carbocycles. The van der Waals surface area contributed by atoms with Gasteiger partial charge in [0, 0.05) is 44.8 Å². The lowest BCUT2D eigenvalue weighted by atomic mass is 10.2. The maximum Gasteiger partial charge on any atom is 0.251 e. The molecule has 7 nitrogen and oxygen atoms in total. The summed E-state index contributed by atoms with van der Waals surface area (Å²) in [6.07, 6.45) is 4.08. The molecule has 0 bridgehead atoms. The average Bonchev–Trinajstić information content (AvgIpc) is 2.89. The molecule has 2 aromatic carbocycles. The Hall–Kier alpha value is -3.10. The number of nitrogens with zero attached hydrogens (tertiary/aromatic N) is 2. The molecule has 1 heterocycles. The smallest absolute Gasteiger partial charge is 0.251 e. The standard InChI is InChI=1S/C26H34FN3O4/c1-32-25-7-3-2-6-24(25)30-17-15-29(16-18-30)14-5-4-13-28-26(31)22-8-10-23(11-9-22)34-21-20-33-19-12-27/h2-11H,12-21H2,1H3,(H,28,31)/b5-4+. The fourth-order valence-electron chi connectivity index (χ4n) is 3.70. The van der Waals surface area contributed by atoms with E-state index >= 15 is 0 Å². The first kappa shape index (κ1) is 25.5. The van der Waals surface area contributed by atoms with Crippen molar-refractivity contribution >= 4 is 11.6 Å². The molecule has 1 N–H and O–H groups in total. The zero-order valence-electron chi connectivity index (χ0n) is 19.7. The zero-order valence-corrected chi connectivity index (χ0v) is 19.7. The third-order valence-electron chi connectivity index (χ3n) is 5.54. The number of carbonyl (C=O) groups is 1. The number of rotatable bonds is 13. The Balaban J connectivity index is 1.31. The summed E-state index contributed by atoms with van der Waals surface area (Å²) in [4.78, 5) is 17.1. The van der Waals surface area contributed by atoms with E-state index in [-0.39, 0.29) is 12.5 Å². The lowest BCUT2D eigenvalue weighted by Gasteiger charge is -2.36. The molecule has 8 heteroatoms. The Labute approximate surface area is 201 Å². The molecule has 0 saturated carbocycles. The van der Waals surface area contributed by atoms with E-state index in [1.807, 2.05) is 24.3 Å². The Bertz CT molecular complexity index is 899. The van der Waals surface area contributed by atoms with Crippen LogP contribution in [0.2, 0.25) is 0 Å². The second kappa shape index (κ2) is 14.2. The summed E-state index contributed by atoms with van der Waals surface area (Å²) in [5.74, 6) is 1.42. The van der Waals surface area contributed by atoms with Crippen LogP contribution in [0, 0.1) is 0 Å². The Morgan fingerprint density at radius 1 is 1.00 bits per heavy atom. The van der Waals surface area contributed by atoms with Gasteiger partial charge in [0.25, 0.3) is 5.91 Å². The number of para-hydroxylation sites is 2. The Morgan fingerprint density at radius 3 is 2.50 bits per heavy atom. The van der Waals surface area contributed by atoms with Gasteiger partial charge in [-0.1, -0.05) is 24.3 Å². The van der Waals surface area contributed by atoms with Crippen molar-refractivity contribution in [3.05, 3.63) is 66.2 Å². The van der Waals surface area contributed by atoms with Gasteiger partial charge in [-0.25, -0.2) is 4.39 Å². The summed E-state index contributed by atoms with van der Waals surface area (Å²) in [5.41, 5.74) is 1.71. The van der Waals surface area contributed by atoms with Gasteiger partial charge in [0.15, 0.2) is 0 Å². The van der Waals surface area contributed by atoms with Crippen LogP contribution in [0.3, 0.4) is 0 Å². The minimum atomic E-state index is -0.499. The molecule has 0 aromatic heterocycles. The number of anilines is 1. The number of halogens is 1. The second-order valence-corrected chi connectivity index (χ2v) is 7.82. The number of piperazine rings is 1. The predicted octanol–water partition coefficient (Wildman–Crippen LogP) is 3.17. The quantitative estimate of drug-likeness (QED) is 0.358. The first-order valence-corrected chi connectivity index (χ1v) is 11.6. The van der Waals surface area contributed by atoms with Crippen molar-refractivity contribution in [1.29, 1.82) is 0 Å². The third kappa shape index (κ3) is 8.04. The number of amides is 1. The van der Waals surface area contributed by atoms with Gasteiger partial charge in [-0.2, -0.15) is 0 Å². The van der Waals surface area contributed by atoms with Crippen molar-refractivity contribution in [2.75, 3.05) is 77.8 Å². The molecule has 1 aliphatic rings. The highest BCUT2D eigenvalue weighted by atomic mass is 19.1. The number of methoxy groups -OCH3 is 1. The highest BCUT2D eigenvalue weighted by Crippen LogP contribution is 2.28. The molecule has 1 saturated heterocycles. The summed E-state index contributed by atoms with van der Waals surface area (Å²) in [6, 6.07) is 15.0. The molecule has 0 spiro atoms. The van der Waals surface area contributed by atoms with Crippen LogP contribution in [0.1, 0.15) is 10.4 Å². The maximum atomic E-state index is 12.3. The van der Waals surface area contributed by atoms with E-state index in [9.17, 15) is 9.18 Å². The fraction of sp³-hybridized carbons (Fsp3) is 0.423. The van der Waals surface area contributed by atoms with Crippen LogP contribution in [-0.2, 0) is 4.74 Å². The van der Waals surface area contributed by atoms with Crippen LogP contribution < -0.4 is 19.7 Å². The van der Waals surface area contributed by atoms with E-state index < -0.39 is 6.67 Å². The van der Waals surface area contributed by atoms with E-state index in [1.54, 1.807) is 31.4 Å². The van der Waals surface area contributed by atoms with Gasteiger partial charge in [0.1, 0.15) is 24.8 Å². The van der Waals surface area contributed by atoms with Crippen LogP contribution in [0.5, 0.6) is 11.5 Å². The SMILES string of the molecule is COc1ccccc1N1CCN(C/C=C/CNC(=O)c2ccc(OCCOCCF)cc2)CC1. The molecular formula is C26H34FN3O4. The maximum absolute atomic E-state index is 12.3. The van der Waals surface area contributed by atoms with Crippen LogP contribution in [0.4, 0.5) is 10.1 Å². The number of hydrogen-bond donors (Lipinski definition) is 1. The van der Waals surface area contributed by atoms with Gasteiger partial charge in [-0.3, -0.25) is 9.69 Å². The first-order valence-electron chi connectivity index (χ1n) is 11.6. The topological polar surface area (TPSA) is 63.3 Å². The largest absolute Gasteiger partial charge is 0.495 e. The predicted molar refractivity (Wildman–Crippen MR) is 132 cm³/mol. The van der Waals surface area contributed by atoms with E-state index in [1.165, 1.54) is 0 Å². The number of hydrogen-bond acceptors (Lipinski definition) is 6. The highest BCUT2D eigenvalue weighted by molar-refractivity contribution is 5.94. The average molecular weight is 472 g/mol. The van der Waals surface area contributed by atoms with E-state index in [0.29, 0.717) is 31.1 Å². The number of alkyl halides is 1. The first-order chi connectivity index (χ1) is 16.7. The van der Waals surface area contributed by atoms with Crippen molar-refractivity contribution in [2.24, 2.45) is 0 Å².